The van der Waals surface area contributed by atoms with Crippen LogP contribution < -0.4 is 0 Å². The minimum Gasteiger partial charge on any atom is -0.349 e. The number of hydrogen-bond donors (Lipinski definition) is 0. The molecule has 0 N–H and O–H groups in total. The summed E-state index contributed by atoms with van der Waals surface area (Å²) in [6, 6.07) is 10.0. The highest BCUT2D eigenvalue weighted by atomic mass is 32.1. The van der Waals surface area contributed by atoms with Crippen molar-refractivity contribution in [3.8, 4) is 0 Å². The predicted octanol–water partition coefficient (Wildman–Crippen LogP) is 3.28. The monoisotopic (exact) mass is 260 g/mol. The molecule has 18 heavy (non-hydrogen) atoms. The normalized spacial score (nSPS) is 17.3. The maximum absolute atomic E-state index is 5.49. The molecule has 0 spiro atoms. The number of allylic oxidation sites excluding steroid dienone is 2. The van der Waals surface area contributed by atoms with Crippen LogP contribution in [-0.2, 0) is 9.47 Å². The quantitative estimate of drug-likeness (QED) is 0.470. The van der Waals surface area contributed by atoms with E-state index in [0.29, 0.717) is 6.42 Å². The molecule has 0 aliphatic heterocycles. The molecule has 0 aromatic heterocycles. The number of benzene rings is 1. The number of rotatable bonds is 4. The van der Waals surface area contributed by atoms with E-state index in [2.05, 4.69) is 6.08 Å². The topological polar surface area (TPSA) is 18.5 Å². The number of hydrogen-bond acceptors (Lipinski definition) is 3. The largest absolute Gasteiger partial charge is 0.349 e. The van der Waals surface area contributed by atoms with Gasteiger partial charge in [0.15, 0.2) is 5.79 Å². The molecule has 1 aliphatic carbocycles. The van der Waals surface area contributed by atoms with E-state index in [1.54, 1.807) is 14.2 Å². The van der Waals surface area contributed by atoms with Crippen molar-refractivity contribution in [2.24, 2.45) is 0 Å². The van der Waals surface area contributed by atoms with Gasteiger partial charge in [-0.25, -0.2) is 0 Å². The van der Waals surface area contributed by atoms with Gasteiger partial charge in [0, 0.05) is 20.6 Å². The van der Waals surface area contributed by atoms with E-state index in [9.17, 15) is 0 Å². The molecule has 0 bridgehead atoms. The average Bonchev–Trinajstić information content (AvgIpc) is 2.47. The summed E-state index contributed by atoms with van der Waals surface area (Å²) in [4.78, 5) is 0.854. The van der Waals surface area contributed by atoms with Crippen LogP contribution in [0.25, 0.3) is 0 Å². The lowest BCUT2D eigenvalue weighted by Crippen LogP contribution is -2.32. The van der Waals surface area contributed by atoms with E-state index in [4.69, 9.17) is 21.7 Å². The SMILES string of the molecule is COC1(OC)C=CC(C(=S)c2ccccc2)=CC1. The van der Waals surface area contributed by atoms with E-state index in [-0.39, 0.29) is 0 Å². The maximum Gasteiger partial charge on any atom is 0.190 e. The van der Waals surface area contributed by atoms with Crippen LogP contribution >= 0.6 is 12.2 Å². The second kappa shape index (κ2) is 5.57. The van der Waals surface area contributed by atoms with E-state index >= 15 is 0 Å². The molecule has 3 heteroatoms. The van der Waals surface area contributed by atoms with E-state index in [1.807, 2.05) is 42.5 Å². The first-order valence-electron chi connectivity index (χ1n) is 5.80. The van der Waals surface area contributed by atoms with Crippen LogP contribution in [0.2, 0.25) is 0 Å². The summed E-state index contributed by atoms with van der Waals surface area (Å²) in [6.07, 6.45) is 6.60. The van der Waals surface area contributed by atoms with Crippen LogP contribution in [0.15, 0.2) is 54.1 Å². The lowest BCUT2D eigenvalue weighted by molar-refractivity contribution is -0.167. The Kier molecular flexibility index (Phi) is 4.07. The molecule has 0 amide bonds. The van der Waals surface area contributed by atoms with Crippen molar-refractivity contribution in [1.82, 2.24) is 0 Å². The fourth-order valence-electron chi connectivity index (χ4n) is 1.92. The minimum absolute atomic E-state index is 0.643. The lowest BCUT2D eigenvalue weighted by Gasteiger charge is -2.29. The molecule has 94 valence electrons. The zero-order chi connectivity index (χ0) is 13.0. The van der Waals surface area contributed by atoms with Gasteiger partial charge in [0.1, 0.15) is 0 Å². The zero-order valence-electron chi connectivity index (χ0n) is 10.6. The highest BCUT2D eigenvalue weighted by Crippen LogP contribution is 2.26. The predicted molar refractivity (Wildman–Crippen MR) is 76.7 cm³/mol. The number of methoxy groups -OCH3 is 2. The third-order valence-corrected chi connectivity index (χ3v) is 3.58. The molecule has 0 fully saturated rings. The highest BCUT2D eigenvalue weighted by Gasteiger charge is 2.27. The second-order valence-corrected chi connectivity index (χ2v) is 4.52. The lowest BCUT2D eigenvalue weighted by atomic mass is 9.96. The van der Waals surface area contributed by atoms with Crippen molar-refractivity contribution >= 4 is 17.1 Å². The van der Waals surface area contributed by atoms with Gasteiger partial charge in [0.25, 0.3) is 0 Å². The molecular weight excluding hydrogens is 244 g/mol. The van der Waals surface area contributed by atoms with Crippen LogP contribution in [0.5, 0.6) is 0 Å². The average molecular weight is 260 g/mol. The Morgan fingerprint density at radius 1 is 1.17 bits per heavy atom. The van der Waals surface area contributed by atoms with Crippen molar-refractivity contribution in [3.63, 3.8) is 0 Å². The zero-order valence-corrected chi connectivity index (χ0v) is 11.4. The second-order valence-electron chi connectivity index (χ2n) is 4.11. The van der Waals surface area contributed by atoms with Crippen molar-refractivity contribution in [2.75, 3.05) is 14.2 Å². The van der Waals surface area contributed by atoms with Crippen LogP contribution in [0.1, 0.15) is 12.0 Å². The molecule has 0 atom stereocenters. The Bertz CT molecular complexity index is 484. The molecular formula is C15H16O2S. The van der Waals surface area contributed by atoms with Gasteiger partial charge in [-0.3, -0.25) is 0 Å². The fraction of sp³-hybridized carbons (Fsp3) is 0.267. The third-order valence-electron chi connectivity index (χ3n) is 3.11. The standard InChI is InChI=1S/C15H16O2S/c1-16-15(17-2)10-8-13(9-11-15)14(18)12-6-4-3-5-7-12/h3-10H,11H2,1-2H3. The number of ether oxygens (including phenoxy) is 2. The van der Waals surface area contributed by atoms with Gasteiger partial charge in [0.05, 0.1) is 4.86 Å². The Balaban J connectivity index is 2.17. The highest BCUT2D eigenvalue weighted by molar-refractivity contribution is 7.81. The van der Waals surface area contributed by atoms with Gasteiger partial charge in [-0.2, -0.15) is 0 Å². The van der Waals surface area contributed by atoms with Gasteiger partial charge in [0.2, 0.25) is 0 Å². The summed E-state index contributed by atoms with van der Waals surface area (Å²) in [5.41, 5.74) is 2.10. The Morgan fingerprint density at radius 2 is 1.83 bits per heavy atom. The first kappa shape index (κ1) is 13.1. The van der Waals surface area contributed by atoms with Crippen LogP contribution in [0.3, 0.4) is 0 Å². The molecule has 0 unspecified atom stereocenters. The first-order valence-corrected chi connectivity index (χ1v) is 6.21. The third kappa shape index (κ3) is 2.58. The summed E-state index contributed by atoms with van der Waals surface area (Å²) >= 11 is 5.49. The van der Waals surface area contributed by atoms with Crippen molar-refractivity contribution < 1.29 is 9.47 Å². The molecule has 2 nitrogen and oxygen atoms in total. The van der Waals surface area contributed by atoms with E-state index < -0.39 is 5.79 Å². The summed E-state index contributed by atoms with van der Waals surface area (Å²) in [6.45, 7) is 0. The summed E-state index contributed by atoms with van der Waals surface area (Å²) < 4.78 is 10.7. The van der Waals surface area contributed by atoms with Gasteiger partial charge >= 0.3 is 0 Å². The molecule has 0 saturated heterocycles. The fourth-order valence-corrected chi connectivity index (χ4v) is 2.20. The molecule has 2 rings (SSSR count). The minimum atomic E-state index is -0.643. The maximum atomic E-state index is 5.49. The first-order chi connectivity index (χ1) is 8.71. The van der Waals surface area contributed by atoms with Gasteiger partial charge < -0.3 is 9.47 Å². The van der Waals surface area contributed by atoms with Crippen molar-refractivity contribution in [1.29, 1.82) is 0 Å². The molecule has 0 saturated carbocycles. The summed E-state index contributed by atoms with van der Waals surface area (Å²) in [7, 11) is 3.28. The van der Waals surface area contributed by atoms with Gasteiger partial charge in [-0.15, -0.1) is 0 Å². The molecule has 0 heterocycles. The van der Waals surface area contributed by atoms with Crippen LogP contribution in [0.4, 0.5) is 0 Å². The summed E-state index contributed by atoms with van der Waals surface area (Å²) in [5, 5.41) is 0. The van der Waals surface area contributed by atoms with E-state index in [1.165, 1.54) is 0 Å². The smallest absolute Gasteiger partial charge is 0.190 e. The van der Waals surface area contributed by atoms with Crippen molar-refractivity contribution in [3.05, 3.63) is 59.7 Å². The number of thiocarbonyl (C=S) groups is 1. The summed E-state index contributed by atoms with van der Waals surface area (Å²) in [5.74, 6) is -0.643. The Labute approximate surface area is 113 Å². The van der Waals surface area contributed by atoms with Crippen molar-refractivity contribution in [2.45, 2.75) is 12.2 Å². The van der Waals surface area contributed by atoms with E-state index in [0.717, 1.165) is 16.0 Å². The molecule has 1 aromatic carbocycles. The van der Waals surface area contributed by atoms with Gasteiger partial charge in [-0.1, -0.05) is 54.7 Å². The van der Waals surface area contributed by atoms with Gasteiger partial charge in [-0.05, 0) is 17.2 Å². The molecule has 1 aromatic rings. The van der Waals surface area contributed by atoms with Crippen LogP contribution in [0, 0.1) is 0 Å². The Morgan fingerprint density at radius 3 is 2.33 bits per heavy atom. The Hall–Kier alpha value is -1.29. The molecule has 0 radical (unpaired) electrons. The van der Waals surface area contributed by atoms with Crippen LogP contribution in [-0.4, -0.2) is 24.9 Å². The molecule has 1 aliphatic rings.